The molecule has 3 nitrogen and oxygen atoms in total. The number of benzene rings is 8. The van der Waals surface area contributed by atoms with E-state index in [9.17, 15) is 0 Å². The fraction of sp³-hybridized carbons (Fsp3) is 0. The van der Waals surface area contributed by atoms with Crippen molar-refractivity contribution in [2.75, 3.05) is 0 Å². The van der Waals surface area contributed by atoms with Gasteiger partial charge < -0.3 is 13.9 Å². The third-order valence-electron chi connectivity index (χ3n) is 11.6. The summed E-state index contributed by atoms with van der Waals surface area (Å²) in [6.07, 6.45) is 0. The molecule has 4 heteroatoms. The summed E-state index contributed by atoms with van der Waals surface area (Å²) in [5, 5.41) is 3.71. The van der Waals surface area contributed by atoms with Crippen molar-refractivity contribution in [3.8, 4) is 56.4 Å². The van der Waals surface area contributed by atoms with Crippen LogP contribution >= 0.6 is 0 Å². The molecule has 0 fully saturated rings. The summed E-state index contributed by atoms with van der Waals surface area (Å²) < 4.78 is 12.0. The van der Waals surface area contributed by atoms with E-state index in [1.165, 1.54) is 77.1 Å². The van der Waals surface area contributed by atoms with Gasteiger partial charge in [-0.25, -0.2) is 0 Å². The first-order chi connectivity index (χ1) is 26.8. The lowest BCUT2D eigenvalue weighted by Gasteiger charge is -2.34. The van der Waals surface area contributed by atoms with Crippen LogP contribution in [0.2, 0.25) is 0 Å². The van der Waals surface area contributed by atoms with Crippen LogP contribution in [0.1, 0.15) is 0 Å². The van der Waals surface area contributed by atoms with E-state index < -0.39 is 0 Å². The van der Waals surface area contributed by atoms with Crippen molar-refractivity contribution >= 4 is 55.8 Å². The minimum Gasteiger partial charge on any atom is -0.458 e. The molecule has 0 saturated heterocycles. The number of nitrogens with zero attached hydrogens (tertiary/aromatic N) is 2. The van der Waals surface area contributed by atoms with E-state index in [-0.39, 0.29) is 6.71 Å². The predicted molar refractivity (Wildman–Crippen MR) is 225 cm³/mol. The van der Waals surface area contributed by atoms with E-state index in [0.29, 0.717) is 0 Å². The molecule has 4 heterocycles. The second kappa shape index (κ2) is 11.2. The molecule has 8 aromatic carbocycles. The normalized spacial score (nSPS) is 12.6. The Bertz CT molecular complexity index is 3120. The minimum atomic E-state index is 0.0268. The van der Waals surface area contributed by atoms with Gasteiger partial charge >= 0.3 is 0 Å². The van der Waals surface area contributed by atoms with E-state index in [0.717, 1.165) is 28.4 Å². The molecule has 250 valence electrons. The summed E-state index contributed by atoms with van der Waals surface area (Å²) in [4.78, 5) is 0. The van der Waals surface area contributed by atoms with Gasteiger partial charge in [0.1, 0.15) is 11.5 Å². The first-order valence-corrected chi connectivity index (χ1v) is 18.6. The van der Waals surface area contributed by atoms with Crippen LogP contribution in [0.25, 0.3) is 77.6 Å². The van der Waals surface area contributed by atoms with Gasteiger partial charge in [0, 0.05) is 39.0 Å². The summed E-state index contributed by atoms with van der Waals surface area (Å²) in [6.45, 7) is 0.0268. The highest BCUT2D eigenvalue weighted by Gasteiger charge is 2.41. The van der Waals surface area contributed by atoms with Gasteiger partial charge in [0.15, 0.2) is 0 Å². The molecule has 0 spiro atoms. The molecule has 12 rings (SSSR count). The van der Waals surface area contributed by atoms with Crippen molar-refractivity contribution in [3.05, 3.63) is 188 Å². The van der Waals surface area contributed by atoms with Crippen molar-refractivity contribution in [1.29, 1.82) is 0 Å². The van der Waals surface area contributed by atoms with Crippen molar-refractivity contribution in [3.63, 3.8) is 0 Å². The number of ether oxygens (including phenoxy) is 1. The Kier molecular flexibility index (Phi) is 6.14. The van der Waals surface area contributed by atoms with E-state index in [2.05, 4.69) is 197 Å². The van der Waals surface area contributed by atoms with Crippen LogP contribution in [0, 0.1) is 0 Å². The number of para-hydroxylation sites is 3. The van der Waals surface area contributed by atoms with E-state index >= 15 is 0 Å². The fourth-order valence-corrected chi connectivity index (χ4v) is 9.36. The maximum absolute atomic E-state index is 6.99. The Balaban J connectivity index is 1.22. The summed E-state index contributed by atoms with van der Waals surface area (Å²) in [5.74, 6) is 1.81. The van der Waals surface area contributed by atoms with Crippen LogP contribution in [0.4, 0.5) is 0 Å². The highest BCUT2D eigenvalue weighted by Crippen LogP contribution is 2.46. The molecule has 0 atom stereocenters. The molecule has 0 aliphatic carbocycles. The van der Waals surface area contributed by atoms with Gasteiger partial charge in [0.05, 0.1) is 22.4 Å². The Hall–Kier alpha value is -7.04. The summed E-state index contributed by atoms with van der Waals surface area (Å²) in [5.41, 5.74) is 16.8. The maximum Gasteiger partial charge on any atom is 0.256 e. The quantitative estimate of drug-likeness (QED) is 0.169. The molecule has 2 aliphatic heterocycles. The summed E-state index contributed by atoms with van der Waals surface area (Å²) >= 11 is 0. The molecule has 0 unspecified atom stereocenters. The number of fused-ring (bicyclic) bond motifs is 7. The summed E-state index contributed by atoms with van der Waals surface area (Å²) in [7, 11) is 0. The van der Waals surface area contributed by atoms with Crippen LogP contribution < -0.4 is 21.1 Å². The lowest BCUT2D eigenvalue weighted by Crippen LogP contribution is -2.58. The molecule has 0 radical (unpaired) electrons. The zero-order chi connectivity index (χ0) is 35.3. The topological polar surface area (TPSA) is 19.1 Å². The number of hydrogen-bond donors (Lipinski definition) is 0. The van der Waals surface area contributed by atoms with Gasteiger partial charge in [-0.1, -0.05) is 152 Å². The molecule has 10 aromatic rings. The highest BCUT2D eigenvalue weighted by molar-refractivity contribution is 6.99. The number of aromatic nitrogens is 2. The fourth-order valence-electron chi connectivity index (χ4n) is 9.36. The van der Waals surface area contributed by atoms with Crippen molar-refractivity contribution in [1.82, 2.24) is 9.13 Å². The molecule has 0 bridgehead atoms. The second-order valence-electron chi connectivity index (χ2n) is 14.4. The van der Waals surface area contributed by atoms with Crippen LogP contribution in [-0.4, -0.2) is 15.8 Å². The monoisotopic (exact) mass is 686 g/mol. The van der Waals surface area contributed by atoms with E-state index in [1.54, 1.807) is 0 Å². The van der Waals surface area contributed by atoms with E-state index in [4.69, 9.17) is 4.74 Å². The molecule has 2 aliphatic rings. The Morgan fingerprint density at radius 1 is 0.407 bits per heavy atom. The lowest BCUT2D eigenvalue weighted by molar-refractivity contribution is 0.487. The van der Waals surface area contributed by atoms with Gasteiger partial charge in [-0.15, -0.1) is 0 Å². The van der Waals surface area contributed by atoms with E-state index in [1.807, 2.05) is 0 Å². The highest BCUT2D eigenvalue weighted by atomic mass is 16.5. The molecular weight excluding hydrogens is 655 g/mol. The Labute approximate surface area is 313 Å². The molecule has 0 N–H and O–H groups in total. The van der Waals surface area contributed by atoms with Gasteiger partial charge in [-0.3, -0.25) is 0 Å². The molecule has 54 heavy (non-hydrogen) atoms. The Morgan fingerprint density at radius 2 is 1.06 bits per heavy atom. The van der Waals surface area contributed by atoms with Gasteiger partial charge in [0.2, 0.25) is 0 Å². The van der Waals surface area contributed by atoms with Crippen LogP contribution in [-0.2, 0) is 0 Å². The molecule has 0 saturated carbocycles. The zero-order valence-electron chi connectivity index (χ0n) is 29.3. The largest absolute Gasteiger partial charge is 0.458 e. The van der Waals surface area contributed by atoms with Gasteiger partial charge in [0.25, 0.3) is 6.71 Å². The smallest absolute Gasteiger partial charge is 0.256 e. The van der Waals surface area contributed by atoms with Gasteiger partial charge in [-0.05, 0) is 69.0 Å². The Morgan fingerprint density at radius 3 is 1.87 bits per heavy atom. The predicted octanol–water partition coefficient (Wildman–Crippen LogP) is 10.7. The second-order valence-corrected chi connectivity index (χ2v) is 14.4. The van der Waals surface area contributed by atoms with Crippen LogP contribution in [0.15, 0.2) is 188 Å². The minimum absolute atomic E-state index is 0.0268. The van der Waals surface area contributed by atoms with Crippen LogP contribution in [0.3, 0.4) is 0 Å². The van der Waals surface area contributed by atoms with Crippen molar-refractivity contribution in [2.45, 2.75) is 0 Å². The SMILES string of the molecule is c1ccc(-c2ccc3c(c2)c2ccccc2n3-c2cc3c4c(c2)-n2c(-c5ccccc5)c(-c5ccccc5)c5cccc(c52)B4c2ccccc2O3)cc1. The van der Waals surface area contributed by atoms with Crippen molar-refractivity contribution in [2.24, 2.45) is 0 Å². The third-order valence-corrected chi connectivity index (χ3v) is 11.6. The number of rotatable bonds is 4. The van der Waals surface area contributed by atoms with Gasteiger partial charge in [-0.2, -0.15) is 0 Å². The first kappa shape index (κ1) is 29.5. The molecule has 0 amide bonds. The maximum atomic E-state index is 6.99. The zero-order valence-corrected chi connectivity index (χ0v) is 29.3. The number of hydrogen-bond acceptors (Lipinski definition) is 1. The lowest BCUT2D eigenvalue weighted by atomic mass is 9.34. The first-order valence-electron chi connectivity index (χ1n) is 18.6. The standard InChI is InChI=1S/C50H31BN2O/c1-4-15-32(16-5-1)35-27-28-43-39(29-35)37-21-10-12-25-42(37)52(43)36-30-44-48-46(31-36)54-45-26-13-11-23-40(45)51(48)41-24-14-22-38-47(33-17-6-2-7-18-33)49(53(44)50(38)41)34-19-8-3-9-20-34/h1-31H. The third kappa shape index (κ3) is 4.08. The molecular formula is C50H31BN2O. The molecule has 2 aromatic heterocycles. The van der Waals surface area contributed by atoms with Crippen molar-refractivity contribution < 1.29 is 4.74 Å². The average molecular weight is 687 g/mol. The average Bonchev–Trinajstić information content (AvgIpc) is 3.77. The van der Waals surface area contributed by atoms with Crippen LogP contribution in [0.5, 0.6) is 11.5 Å². The summed E-state index contributed by atoms with van der Waals surface area (Å²) in [6, 6.07) is 68.2.